The zero-order valence-corrected chi connectivity index (χ0v) is 13.8. The summed E-state index contributed by atoms with van der Waals surface area (Å²) in [5, 5.41) is 2.81. The highest BCUT2D eigenvalue weighted by Gasteiger charge is 2.36. The zero-order valence-electron chi connectivity index (χ0n) is 12.9. The van der Waals surface area contributed by atoms with Crippen molar-refractivity contribution in [3.8, 4) is 0 Å². The molecule has 0 aliphatic carbocycles. The van der Waals surface area contributed by atoms with E-state index in [1.807, 2.05) is 24.3 Å². The summed E-state index contributed by atoms with van der Waals surface area (Å²) in [4.78, 5) is 19.9. The molecule has 8 heteroatoms. The molecule has 2 aromatic rings. The summed E-state index contributed by atoms with van der Waals surface area (Å²) in [7, 11) is -3.34. The largest absolute Gasteiger partial charge is 0.354 e. The number of aromatic amines is 1. The van der Waals surface area contributed by atoms with E-state index in [1.165, 1.54) is 4.31 Å². The number of carbonyl (C=O) groups excluding carboxylic acids is 1. The number of benzene rings is 1. The van der Waals surface area contributed by atoms with E-state index < -0.39 is 16.1 Å². The lowest BCUT2D eigenvalue weighted by Crippen LogP contribution is -2.45. The summed E-state index contributed by atoms with van der Waals surface area (Å²) < 4.78 is 24.6. The van der Waals surface area contributed by atoms with Gasteiger partial charge in [-0.3, -0.25) is 4.79 Å². The lowest BCUT2D eigenvalue weighted by molar-refractivity contribution is -0.124. The molecule has 1 saturated heterocycles. The van der Waals surface area contributed by atoms with Crippen LogP contribution in [0.25, 0.3) is 11.0 Å². The molecule has 3 rings (SSSR count). The maximum atomic E-state index is 12.2. The number of H-pyrrole nitrogens is 1. The Balaban J connectivity index is 1.57. The molecule has 2 heterocycles. The Morgan fingerprint density at radius 3 is 2.96 bits per heavy atom. The van der Waals surface area contributed by atoms with Crippen LogP contribution in [0.2, 0.25) is 0 Å². The lowest BCUT2D eigenvalue weighted by Gasteiger charge is -2.21. The molecule has 7 nitrogen and oxygen atoms in total. The molecule has 1 aromatic carbocycles. The van der Waals surface area contributed by atoms with Gasteiger partial charge in [0.25, 0.3) is 0 Å². The van der Waals surface area contributed by atoms with E-state index in [1.54, 1.807) is 0 Å². The maximum Gasteiger partial charge on any atom is 0.238 e. The molecule has 1 atom stereocenters. The number of nitrogens with one attached hydrogen (secondary N) is 2. The van der Waals surface area contributed by atoms with E-state index >= 15 is 0 Å². The van der Waals surface area contributed by atoms with Crippen molar-refractivity contribution in [2.24, 2.45) is 0 Å². The second-order valence-corrected chi connectivity index (χ2v) is 7.71. The molecule has 1 aliphatic rings. The Kier molecular flexibility index (Phi) is 4.36. The highest BCUT2D eigenvalue weighted by molar-refractivity contribution is 7.88. The van der Waals surface area contributed by atoms with Gasteiger partial charge in [-0.25, -0.2) is 13.4 Å². The van der Waals surface area contributed by atoms with Crippen molar-refractivity contribution in [1.82, 2.24) is 19.6 Å². The third kappa shape index (κ3) is 3.53. The second-order valence-electron chi connectivity index (χ2n) is 5.77. The molecular weight excluding hydrogens is 316 g/mol. The Hall–Kier alpha value is -1.93. The van der Waals surface area contributed by atoms with Gasteiger partial charge in [0.05, 0.1) is 17.3 Å². The van der Waals surface area contributed by atoms with Crippen molar-refractivity contribution in [2.45, 2.75) is 25.3 Å². The summed E-state index contributed by atoms with van der Waals surface area (Å²) in [6.07, 6.45) is 3.01. The Bertz CT molecular complexity index is 782. The third-order valence-electron chi connectivity index (χ3n) is 4.03. The van der Waals surface area contributed by atoms with Gasteiger partial charge in [0.2, 0.25) is 15.9 Å². The summed E-state index contributed by atoms with van der Waals surface area (Å²) >= 11 is 0. The van der Waals surface area contributed by atoms with Gasteiger partial charge in [0, 0.05) is 19.5 Å². The SMILES string of the molecule is CS(=O)(=O)N1CCCC1C(=O)NCCc1nc2ccccc2[nH]1. The van der Waals surface area contributed by atoms with Crippen LogP contribution in [0.3, 0.4) is 0 Å². The number of amides is 1. The number of fused-ring (bicyclic) bond motifs is 1. The van der Waals surface area contributed by atoms with Crippen molar-refractivity contribution < 1.29 is 13.2 Å². The van der Waals surface area contributed by atoms with Crippen molar-refractivity contribution >= 4 is 27.0 Å². The Labute approximate surface area is 135 Å². The van der Waals surface area contributed by atoms with E-state index in [4.69, 9.17) is 0 Å². The molecule has 0 saturated carbocycles. The molecule has 124 valence electrons. The minimum absolute atomic E-state index is 0.232. The monoisotopic (exact) mass is 336 g/mol. The quantitative estimate of drug-likeness (QED) is 0.838. The second kappa shape index (κ2) is 6.29. The molecule has 1 aromatic heterocycles. The first-order valence-corrected chi connectivity index (χ1v) is 9.48. The van der Waals surface area contributed by atoms with E-state index in [-0.39, 0.29) is 5.91 Å². The van der Waals surface area contributed by atoms with Gasteiger partial charge >= 0.3 is 0 Å². The zero-order chi connectivity index (χ0) is 16.4. The molecule has 2 N–H and O–H groups in total. The fourth-order valence-corrected chi connectivity index (χ4v) is 4.07. The van der Waals surface area contributed by atoms with Crippen LogP contribution in [0, 0.1) is 0 Å². The number of carbonyl (C=O) groups is 1. The Morgan fingerprint density at radius 2 is 2.22 bits per heavy atom. The predicted molar refractivity (Wildman–Crippen MR) is 87.4 cm³/mol. The summed E-state index contributed by atoms with van der Waals surface area (Å²) in [6.45, 7) is 0.841. The van der Waals surface area contributed by atoms with Crippen LogP contribution >= 0.6 is 0 Å². The van der Waals surface area contributed by atoms with Gasteiger partial charge in [-0.15, -0.1) is 0 Å². The van der Waals surface area contributed by atoms with E-state index in [0.717, 1.165) is 23.1 Å². The van der Waals surface area contributed by atoms with E-state index in [0.29, 0.717) is 32.4 Å². The summed E-state index contributed by atoms with van der Waals surface area (Å²) in [5.74, 6) is 0.571. The van der Waals surface area contributed by atoms with Crippen molar-refractivity contribution in [3.05, 3.63) is 30.1 Å². The van der Waals surface area contributed by atoms with Crippen LogP contribution in [-0.2, 0) is 21.2 Å². The van der Waals surface area contributed by atoms with Crippen LogP contribution in [0.5, 0.6) is 0 Å². The predicted octanol–water partition coefficient (Wildman–Crippen LogP) is 0.646. The first-order chi connectivity index (χ1) is 10.9. The smallest absolute Gasteiger partial charge is 0.238 e. The molecule has 1 fully saturated rings. The standard InChI is InChI=1S/C15H20N4O3S/c1-23(21,22)19-10-4-7-13(19)15(20)16-9-8-14-17-11-5-2-3-6-12(11)18-14/h2-3,5-6,13H,4,7-10H2,1H3,(H,16,20)(H,17,18). The fourth-order valence-electron chi connectivity index (χ4n) is 2.95. The number of hydrogen-bond donors (Lipinski definition) is 2. The Morgan fingerprint density at radius 1 is 1.43 bits per heavy atom. The van der Waals surface area contributed by atoms with Crippen LogP contribution in [0.1, 0.15) is 18.7 Å². The van der Waals surface area contributed by atoms with Crippen LogP contribution < -0.4 is 5.32 Å². The molecular formula is C15H20N4O3S. The topological polar surface area (TPSA) is 95.2 Å². The highest BCUT2D eigenvalue weighted by atomic mass is 32.2. The van der Waals surface area contributed by atoms with Gasteiger partial charge in [0.15, 0.2) is 0 Å². The molecule has 0 radical (unpaired) electrons. The average molecular weight is 336 g/mol. The van der Waals surface area contributed by atoms with E-state index in [9.17, 15) is 13.2 Å². The van der Waals surface area contributed by atoms with Gasteiger partial charge in [-0.1, -0.05) is 12.1 Å². The molecule has 0 bridgehead atoms. The third-order valence-corrected chi connectivity index (χ3v) is 5.32. The maximum absolute atomic E-state index is 12.2. The van der Waals surface area contributed by atoms with Crippen LogP contribution in [-0.4, -0.2) is 54.0 Å². The first-order valence-electron chi connectivity index (χ1n) is 7.63. The number of nitrogens with zero attached hydrogens (tertiary/aromatic N) is 2. The van der Waals surface area contributed by atoms with Gasteiger partial charge in [-0.2, -0.15) is 4.31 Å². The van der Waals surface area contributed by atoms with Gasteiger partial charge in [0.1, 0.15) is 11.9 Å². The summed E-state index contributed by atoms with van der Waals surface area (Å²) in [6, 6.07) is 7.16. The highest BCUT2D eigenvalue weighted by Crippen LogP contribution is 2.20. The number of aromatic nitrogens is 2. The van der Waals surface area contributed by atoms with Crippen molar-refractivity contribution in [2.75, 3.05) is 19.3 Å². The first kappa shape index (κ1) is 15.9. The van der Waals surface area contributed by atoms with E-state index in [2.05, 4.69) is 15.3 Å². The van der Waals surface area contributed by atoms with Crippen LogP contribution in [0.15, 0.2) is 24.3 Å². The molecule has 1 amide bonds. The number of rotatable bonds is 5. The number of sulfonamides is 1. The fraction of sp³-hybridized carbons (Fsp3) is 0.467. The van der Waals surface area contributed by atoms with Crippen molar-refractivity contribution in [1.29, 1.82) is 0 Å². The molecule has 1 unspecified atom stereocenters. The normalized spacial score (nSPS) is 19.3. The molecule has 23 heavy (non-hydrogen) atoms. The number of imidazole rings is 1. The number of para-hydroxylation sites is 2. The summed E-state index contributed by atoms with van der Waals surface area (Å²) in [5.41, 5.74) is 1.86. The van der Waals surface area contributed by atoms with Gasteiger partial charge in [-0.05, 0) is 25.0 Å². The lowest BCUT2D eigenvalue weighted by atomic mass is 10.2. The number of hydrogen-bond acceptors (Lipinski definition) is 4. The van der Waals surface area contributed by atoms with Gasteiger partial charge < -0.3 is 10.3 Å². The molecule has 0 spiro atoms. The average Bonchev–Trinajstić information content (AvgIpc) is 3.13. The minimum atomic E-state index is -3.34. The van der Waals surface area contributed by atoms with Crippen molar-refractivity contribution in [3.63, 3.8) is 0 Å². The molecule has 1 aliphatic heterocycles. The van der Waals surface area contributed by atoms with Crippen LogP contribution in [0.4, 0.5) is 0 Å². The minimum Gasteiger partial charge on any atom is -0.354 e.